The first-order valence-electron chi connectivity index (χ1n) is 11.7. The SMILES string of the molecule is C[C@@H](c1cn(-c2ccc(OCc3ccc(F)cc3)cc2)nn1)[C@](O)(Cn1cncn1)c1ccc(F)cc1F. The van der Waals surface area contributed by atoms with Crippen molar-refractivity contribution in [3.8, 4) is 11.4 Å². The van der Waals surface area contributed by atoms with Crippen molar-refractivity contribution in [3.63, 3.8) is 0 Å². The summed E-state index contributed by atoms with van der Waals surface area (Å²) in [6.45, 7) is 1.82. The predicted octanol–water partition coefficient (Wildman–Crippen LogP) is 4.55. The number of nitrogens with zero attached hydrogens (tertiary/aromatic N) is 6. The van der Waals surface area contributed by atoms with Gasteiger partial charge in [-0.25, -0.2) is 27.5 Å². The summed E-state index contributed by atoms with van der Waals surface area (Å²) >= 11 is 0. The van der Waals surface area contributed by atoms with Crippen LogP contribution in [0.25, 0.3) is 5.69 Å². The summed E-state index contributed by atoms with van der Waals surface area (Å²) in [4.78, 5) is 3.88. The Bertz CT molecular complexity index is 1510. The second-order valence-electron chi connectivity index (χ2n) is 8.86. The third-order valence-corrected chi connectivity index (χ3v) is 6.36. The summed E-state index contributed by atoms with van der Waals surface area (Å²) in [7, 11) is 0. The van der Waals surface area contributed by atoms with E-state index in [0.717, 1.165) is 17.7 Å². The summed E-state index contributed by atoms with van der Waals surface area (Å²) in [6.07, 6.45) is 4.33. The maximum atomic E-state index is 14.8. The zero-order valence-electron chi connectivity index (χ0n) is 20.2. The van der Waals surface area contributed by atoms with Crippen LogP contribution >= 0.6 is 0 Å². The van der Waals surface area contributed by atoms with Crippen LogP contribution in [0.5, 0.6) is 5.75 Å². The fourth-order valence-corrected chi connectivity index (χ4v) is 4.15. The summed E-state index contributed by atoms with van der Waals surface area (Å²) in [5.41, 5.74) is -0.0454. The van der Waals surface area contributed by atoms with Crippen LogP contribution in [0.2, 0.25) is 0 Å². The second-order valence-corrected chi connectivity index (χ2v) is 8.86. The van der Waals surface area contributed by atoms with Crippen molar-refractivity contribution in [3.05, 3.63) is 120 Å². The van der Waals surface area contributed by atoms with Gasteiger partial charge in [-0.05, 0) is 48.0 Å². The summed E-state index contributed by atoms with van der Waals surface area (Å²) in [5, 5.41) is 24.2. The third kappa shape index (κ3) is 5.28. The number of hydrogen-bond donors (Lipinski definition) is 1. The molecule has 0 saturated heterocycles. The number of aliphatic hydroxyl groups is 1. The molecule has 5 rings (SSSR count). The van der Waals surface area contributed by atoms with Crippen molar-refractivity contribution < 1.29 is 23.0 Å². The maximum absolute atomic E-state index is 14.8. The molecular weight excluding hydrogens is 497 g/mol. The molecule has 1 N–H and O–H groups in total. The number of benzene rings is 3. The van der Waals surface area contributed by atoms with Crippen LogP contribution in [0.3, 0.4) is 0 Å². The monoisotopic (exact) mass is 520 g/mol. The lowest BCUT2D eigenvalue weighted by Crippen LogP contribution is -2.38. The zero-order chi connectivity index (χ0) is 26.7. The van der Waals surface area contributed by atoms with E-state index in [1.165, 1.54) is 40.2 Å². The number of ether oxygens (including phenoxy) is 1. The molecular formula is C27H23F3N6O2. The minimum atomic E-state index is -1.84. The molecule has 0 radical (unpaired) electrons. The highest BCUT2D eigenvalue weighted by Gasteiger charge is 2.41. The zero-order valence-corrected chi connectivity index (χ0v) is 20.2. The van der Waals surface area contributed by atoms with E-state index in [1.807, 2.05) is 0 Å². The van der Waals surface area contributed by atoms with Crippen molar-refractivity contribution in [2.24, 2.45) is 0 Å². The van der Waals surface area contributed by atoms with Crippen molar-refractivity contribution in [1.29, 1.82) is 0 Å². The van der Waals surface area contributed by atoms with Gasteiger partial charge in [-0.1, -0.05) is 30.3 Å². The quantitative estimate of drug-likeness (QED) is 0.307. The van der Waals surface area contributed by atoms with E-state index in [9.17, 15) is 18.3 Å². The average Bonchev–Trinajstić information content (AvgIpc) is 3.61. The van der Waals surface area contributed by atoms with Crippen LogP contribution < -0.4 is 4.74 Å². The molecule has 0 aliphatic rings. The Morgan fingerprint density at radius 1 is 0.974 bits per heavy atom. The van der Waals surface area contributed by atoms with Crippen LogP contribution in [0.4, 0.5) is 13.2 Å². The third-order valence-electron chi connectivity index (χ3n) is 6.36. The topological polar surface area (TPSA) is 90.9 Å². The van der Waals surface area contributed by atoms with E-state index in [1.54, 1.807) is 49.5 Å². The highest BCUT2D eigenvalue weighted by Crippen LogP contribution is 2.39. The van der Waals surface area contributed by atoms with Crippen LogP contribution in [0.1, 0.15) is 29.7 Å². The van der Waals surface area contributed by atoms with Crippen LogP contribution in [0.15, 0.2) is 85.6 Å². The molecule has 0 bridgehead atoms. The Morgan fingerprint density at radius 3 is 2.39 bits per heavy atom. The summed E-state index contributed by atoms with van der Waals surface area (Å²) in [5.74, 6) is -2.10. The standard InChI is InChI=1S/C27H23F3N6O2/c1-18(27(37,15-35-17-31-16-32-35)24-11-6-21(29)12-25(24)30)26-13-36(34-33-26)22-7-9-23(10-8-22)38-14-19-2-4-20(28)5-3-19/h2-13,16-18,37H,14-15H2,1H3/t18-,27+/m0/s1. The molecule has 11 heteroatoms. The molecule has 8 nitrogen and oxygen atoms in total. The number of rotatable bonds is 9. The minimum absolute atomic E-state index is 0.0980. The molecule has 0 aliphatic carbocycles. The molecule has 38 heavy (non-hydrogen) atoms. The highest BCUT2D eigenvalue weighted by atomic mass is 19.1. The lowest BCUT2D eigenvalue weighted by atomic mass is 9.80. The van der Waals surface area contributed by atoms with Gasteiger partial charge in [-0.15, -0.1) is 5.10 Å². The van der Waals surface area contributed by atoms with E-state index in [0.29, 0.717) is 17.1 Å². The van der Waals surface area contributed by atoms with Gasteiger partial charge < -0.3 is 9.84 Å². The van der Waals surface area contributed by atoms with Crippen molar-refractivity contribution in [2.45, 2.75) is 31.6 Å². The molecule has 0 unspecified atom stereocenters. The van der Waals surface area contributed by atoms with Gasteiger partial charge in [0, 0.05) is 17.5 Å². The van der Waals surface area contributed by atoms with Crippen LogP contribution in [0, 0.1) is 17.5 Å². The van der Waals surface area contributed by atoms with Gasteiger partial charge in [-0.3, -0.25) is 0 Å². The fourth-order valence-electron chi connectivity index (χ4n) is 4.15. The van der Waals surface area contributed by atoms with Crippen LogP contribution in [-0.4, -0.2) is 34.9 Å². The van der Waals surface area contributed by atoms with Crippen molar-refractivity contribution >= 4 is 0 Å². The highest BCUT2D eigenvalue weighted by molar-refractivity contribution is 5.37. The normalized spacial score (nSPS) is 13.7. The van der Waals surface area contributed by atoms with Gasteiger partial charge in [-0.2, -0.15) is 5.10 Å². The van der Waals surface area contributed by atoms with E-state index in [4.69, 9.17) is 4.74 Å². The van der Waals surface area contributed by atoms with Crippen molar-refractivity contribution in [2.75, 3.05) is 0 Å². The molecule has 3 aromatic carbocycles. The molecule has 5 aromatic rings. The Morgan fingerprint density at radius 2 is 1.71 bits per heavy atom. The van der Waals surface area contributed by atoms with E-state index in [2.05, 4.69) is 20.4 Å². The Labute approximate surface area is 216 Å². The summed E-state index contributed by atoms with van der Waals surface area (Å²) < 4.78 is 50.2. The van der Waals surface area contributed by atoms with Crippen LogP contribution in [-0.2, 0) is 18.8 Å². The first-order chi connectivity index (χ1) is 18.3. The molecule has 0 aliphatic heterocycles. The van der Waals surface area contributed by atoms with E-state index >= 15 is 0 Å². The molecule has 0 fully saturated rings. The molecule has 0 saturated carbocycles. The van der Waals surface area contributed by atoms with Gasteiger partial charge in [0.1, 0.15) is 48.1 Å². The Hall–Kier alpha value is -4.51. The summed E-state index contributed by atoms with van der Waals surface area (Å²) in [6, 6.07) is 16.2. The van der Waals surface area contributed by atoms with Gasteiger partial charge in [0.05, 0.1) is 24.1 Å². The molecule has 0 amide bonds. The first kappa shape index (κ1) is 25.2. The smallest absolute Gasteiger partial charge is 0.137 e. The number of halogens is 3. The molecule has 2 aromatic heterocycles. The maximum Gasteiger partial charge on any atom is 0.137 e. The van der Waals surface area contributed by atoms with E-state index < -0.39 is 23.2 Å². The molecule has 2 heterocycles. The van der Waals surface area contributed by atoms with Gasteiger partial charge in [0.2, 0.25) is 0 Å². The molecule has 2 atom stereocenters. The number of aromatic nitrogens is 6. The predicted molar refractivity (Wildman–Crippen MR) is 131 cm³/mol. The minimum Gasteiger partial charge on any atom is -0.489 e. The lowest BCUT2D eigenvalue weighted by Gasteiger charge is -2.33. The Balaban J connectivity index is 1.36. The lowest BCUT2D eigenvalue weighted by molar-refractivity contribution is -0.0123. The average molecular weight is 521 g/mol. The molecule has 194 valence electrons. The largest absolute Gasteiger partial charge is 0.489 e. The number of hydrogen-bond acceptors (Lipinski definition) is 6. The van der Waals surface area contributed by atoms with E-state index in [-0.39, 0.29) is 24.5 Å². The molecule has 0 spiro atoms. The fraction of sp³-hybridized carbons (Fsp3) is 0.185. The second kappa shape index (κ2) is 10.5. The Kier molecular flexibility index (Phi) is 6.93. The van der Waals surface area contributed by atoms with Crippen molar-refractivity contribution in [1.82, 2.24) is 29.8 Å². The van der Waals surface area contributed by atoms with Gasteiger partial charge in [0.15, 0.2) is 0 Å². The first-order valence-corrected chi connectivity index (χ1v) is 11.7. The van der Waals surface area contributed by atoms with Gasteiger partial charge in [0.25, 0.3) is 0 Å². The van der Waals surface area contributed by atoms with Gasteiger partial charge >= 0.3 is 0 Å².